The van der Waals surface area contributed by atoms with Crippen LogP contribution >= 0.6 is 25.3 Å². The van der Waals surface area contributed by atoms with E-state index in [-0.39, 0.29) is 18.1 Å². The lowest BCUT2D eigenvalue weighted by Crippen LogP contribution is -2.61. The van der Waals surface area contributed by atoms with Gasteiger partial charge in [0.25, 0.3) is 0 Å². The Balaban J connectivity index is 5.20. The molecular formula is C20H35N7O11S2. The molecule has 6 amide bonds. The first-order chi connectivity index (χ1) is 18.7. The van der Waals surface area contributed by atoms with Crippen molar-refractivity contribution < 1.29 is 54.0 Å². The molecule has 0 aromatic heterocycles. The Bertz CT molecular complexity index is 925. The van der Waals surface area contributed by atoms with Gasteiger partial charge in [-0.05, 0) is 6.92 Å². The number of hydrogen-bond donors (Lipinski definition) is 13. The summed E-state index contributed by atoms with van der Waals surface area (Å²) >= 11 is 7.82. The fraction of sp³-hybridized carbons (Fsp3) is 0.650. The van der Waals surface area contributed by atoms with Gasteiger partial charge in [0, 0.05) is 11.5 Å². The molecule has 0 fully saturated rings. The number of thiol groups is 2. The molecule has 0 unspecified atom stereocenters. The second-order valence-corrected chi connectivity index (χ2v) is 8.81. The first kappa shape index (κ1) is 36.8. The molecule has 0 aliphatic rings. The topological polar surface area (TPSA) is 299 Å². The Labute approximate surface area is 239 Å². The first-order valence-electron chi connectivity index (χ1n) is 11.6. The molecule has 0 aliphatic heterocycles. The molecule has 0 bridgehead atoms. The summed E-state index contributed by atoms with van der Waals surface area (Å²) in [6, 6.07) is -7.53. The van der Waals surface area contributed by atoms with Gasteiger partial charge in [0.1, 0.15) is 30.2 Å². The Hall–Kier alpha value is -3.17. The molecule has 6 atom stereocenters. The van der Waals surface area contributed by atoms with Gasteiger partial charge in [-0.15, -0.1) is 0 Å². The monoisotopic (exact) mass is 613 g/mol. The van der Waals surface area contributed by atoms with E-state index < -0.39 is 97.5 Å². The maximum atomic E-state index is 12.7. The molecule has 228 valence electrons. The molecule has 0 aromatic carbocycles. The second kappa shape index (κ2) is 19.0. The summed E-state index contributed by atoms with van der Waals surface area (Å²) in [6.07, 6.45) is -1.52. The number of nitrogens with two attached hydrogens (primary N) is 1. The highest BCUT2D eigenvalue weighted by Gasteiger charge is 2.32. The summed E-state index contributed by atoms with van der Waals surface area (Å²) in [6.45, 7) is -1.83. The van der Waals surface area contributed by atoms with Crippen LogP contribution in [0, 0.1) is 0 Å². The van der Waals surface area contributed by atoms with Gasteiger partial charge < -0.3 is 58.1 Å². The third kappa shape index (κ3) is 12.8. The third-order valence-electron chi connectivity index (χ3n) is 4.95. The second-order valence-electron chi connectivity index (χ2n) is 8.08. The number of hydrogen-bond acceptors (Lipinski definition) is 13. The molecule has 12 N–H and O–H groups in total. The molecular weight excluding hydrogens is 578 g/mol. The van der Waals surface area contributed by atoms with Gasteiger partial charge in [0.15, 0.2) is 0 Å². The molecule has 40 heavy (non-hydrogen) atoms. The summed E-state index contributed by atoms with van der Waals surface area (Å²) in [5.41, 5.74) is 5.16. The zero-order valence-electron chi connectivity index (χ0n) is 21.3. The third-order valence-corrected chi connectivity index (χ3v) is 5.68. The van der Waals surface area contributed by atoms with E-state index in [1.165, 1.54) is 0 Å². The first-order valence-corrected chi connectivity index (χ1v) is 12.8. The predicted molar refractivity (Wildman–Crippen MR) is 143 cm³/mol. The number of aliphatic hydroxyl groups excluding tert-OH is 3. The lowest BCUT2D eigenvalue weighted by Gasteiger charge is -2.25. The van der Waals surface area contributed by atoms with Gasteiger partial charge in [0.05, 0.1) is 32.4 Å². The Kier molecular flexibility index (Phi) is 17.5. The summed E-state index contributed by atoms with van der Waals surface area (Å²) in [5.74, 6) is -7.57. The lowest BCUT2D eigenvalue weighted by molar-refractivity contribution is -0.143. The Morgan fingerprint density at radius 2 is 1.18 bits per heavy atom. The number of carbonyl (C=O) groups excluding carboxylic acids is 6. The smallest absolute Gasteiger partial charge is 0.328 e. The van der Waals surface area contributed by atoms with Crippen molar-refractivity contribution in [1.82, 2.24) is 31.9 Å². The summed E-state index contributed by atoms with van der Waals surface area (Å²) < 4.78 is 0. The molecule has 0 radical (unpaired) electrons. The van der Waals surface area contributed by atoms with Crippen LogP contribution in [0.1, 0.15) is 6.92 Å². The van der Waals surface area contributed by atoms with Crippen molar-refractivity contribution in [3.05, 3.63) is 0 Å². The van der Waals surface area contributed by atoms with E-state index >= 15 is 0 Å². The quantitative estimate of drug-likeness (QED) is 0.0642. The number of rotatable bonds is 18. The van der Waals surface area contributed by atoms with Gasteiger partial charge in [-0.2, -0.15) is 25.3 Å². The highest BCUT2D eigenvalue weighted by molar-refractivity contribution is 7.80. The van der Waals surface area contributed by atoms with Crippen molar-refractivity contribution >= 4 is 66.7 Å². The van der Waals surface area contributed by atoms with Crippen LogP contribution in [0.5, 0.6) is 0 Å². The molecule has 0 saturated carbocycles. The van der Waals surface area contributed by atoms with Crippen LogP contribution < -0.4 is 37.6 Å². The van der Waals surface area contributed by atoms with Gasteiger partial charge in [-0.25, -0.2) is 4.79 Å². The summed E-state index contributed by atoms with van der Waals surface area (Å²) in [4.78, 5) is 84.2. The predicted octanol–water partition coefficient (Wildman–Crippen LogP) is -7.21. The number of nitrogens with one attached hydrogen (secondary N) is 6. The fourth-order valence-corrected chi connectivity index (χ4v) is 3.26. The SMILES string of the molecule is C[C@@H](O)[C@H](NC(=O)CNC(=O)[C@H](CS)NC(=O)CN)C(=O)N[C@@H](CO)C(=O)N[C@@H](CS)C(=O)N[C@@H](CO)C(=O)O. The highest BCUT2D eigenvalue weighted by Crippen LogP contribution is 1.98. The standard InChI is InChI=1S/C20H35N7O11S2/c1-8(30)15(27-14(32)3-22-16(33)11(6-39)23-13(31)2-21)19(36)24-9(4-28)17(34)26-12(7-40)18(35)25-10(5-29)20(37)38/h8-12,15,28-30,39-40H,2-7,21H2,1H3,(H,22,33)(H,23,31)(H,24,36)(H,25,35)(H,26,34)(H,27,32)(H,37,38)/t8-,9+,10+,11+,12+,15+/m1/s1. The minimum atomic E-state index is -1.68. The van der Waals surface area contributed by atoms with E-state index in [0.717, 1.165) is 6.92 Å². The van der Waals surface area contributed by atoms with Crippen LogP contribution in [0.15, 0.2) is 0 Å². The average Bonchev–Trinajstić information content (AvgIpc) is 2.92. The van der Waals surface area contributed by atoms with Crippen LogP contribution in [0.2, 0.25) is 0 Å². The van der Waals surface area contributed by atoms with Gasteiger partial charge in [-0.1, -0.05) is 0 Å². The Morgan fingerprint density at radius 1 is 0.700 bits per heavy atom. The summed E-state index contributed by atoms with van der Waals surface area (Å²) in [7, 11) is 0. The van der Waals surface area contributed by atoms with Crippen molar-refractivity contribution in [2.24, 2.45) is 5.73 Å². The van der Waals surface area contributed by atoms with E-state index in [9.17, 15) is 43.8 Å². The molecule has 0 spiro atoms. The van der Waals surface area contributed by atoms with E-state index in [4.69, 9.17) is 15.9 Å². The van der Waals surface area contributed by atoms with Crippen LogP contribution in [0.3, 0.4) is 0 Å². The number of carboxylic acid groups (broad SMARTS) is 1. The Morgan fingerprint density at radius 3 is 1.62 bits per heavy atom. The van der Waals surface area contributed by atoms with Crippen molar-refractivity contribution in [3.8, 4) is 0 Å². The normalized spacial score (nSPS) is 15.2. The zero-order valence-corrected chi connectivity index (χ0v) is 23.1. The lowest BCUT2D eigenvalue weighted by atomic mass is 10.1. The van der Waals surface area contributed by atoms with Crippen molar-refractivity contribution in [2.75, 3.05) is 37.8 Å². The molecule has 20 heteroatoms. The number of aliphatic hydroxyl groups is 3. The van der Waals surface area contributed by atoms with Crippen molar-refractivity contribution in [3.63, 3.8) is 0 Å². The van der Waals surface area contributed by atoms with Crippen LogP contribution in [-0.4, -0.2) is 136 Å². The molecule has 0 heterocycles. The number of aliphatic carboxylic acids is 1. The van der Waals surface area contributed by atoms with Gasteiger partial charge in [0.2, 0.25) is 35.4 Å². The molecule has 0 aliphatic carbocycles. The maximum absolute atomic E-state index is 12.7. The van der Waals surface area contributed by atoms with E-state index in [1.807, 2.05) is 5.32 Å². The zero-order chi connectivity index (χ0) is 31.0. The van der Waals surface area contributed by atoms with Crippen molar-refractivity contribution in [2.45, 2.75) is 43.2 Å². The maximum Gasteiger partial charge on any atom is 0.328 e. The molecule has 18 nitrogen and oxygen atoms in total. The average molecular weight is 614 g/mol. The van der Waals surface area contributed by atoms with E-state index in [0.29, 0.717) is 0 Å². The van der Waals surface area contributed by atoms with E-state index in [2.05, 4.69) is 51.8 Å². The number of carboxylic acids is 1. The summed E-state index contributed by atoms with van der Waals surface area (Å²) in [5, 5.41) is 50.4. The highest BCUT2D eigenvalue weighted by atomic mass is 32.1. The largest absolute Gasteiger partial charge is 0.480 e. The van der Waals surface area contributed by atoms with Gasteiger partial charge in [-0.3, -0.25) is 28.8 Å². The minimum Gasteiger partial charge on any atom is -0.480 e. The molecule has 0 saturated heterocycles. The van der Waals surface area contributed by atoms with E-state index in [1.54, 1.807) is 0 Å². The molecule has 0 rings (SSSR count). The van der Waals surface area contributed by atoms with Crippen LogP contribution in [0.25, 0.3) is 0 Å². The van der Waals surface area contributed by atoms with Crippen molar-refractivity contribution in [1.29, 1.82) is 0 Å². The van der Waals surface area contributed by atoms with Gasteiger partial charge >= 0.3 is 5.97 Å². The minimum absolute atomic E-state index is 0.111. The van der Waals surface area contributed by atoms with Crippen LogP contribution in [0.4, 0.5) is 0 Å². The number of amides is 6. The number of carbonyl (C=O) groups is 7. The molecule has 0 aromatic rings. The van der Waals surface area contributed by atoms with Crippen LogP contribution in [-0.2, 0) is 33.6 Å². The fourth-order valence-electron chi connectivity index (χ4n) is 2.75.